The molecule has 0 spiro atoms. The van der Waals surface area contributed by atoms with Crippen molar-refractivity contribution in [3.8, 4) is 5.75 Å². The first-order valence-electron chi connectivity index (χ1n) is 12.2. The lowest BCUT2D eigenvalue weighted by atomic mass is 10.1. The van der Waals surface area contributed by atoms with E-state index in [9.17, 15) is 26.4 Å². The number of carbonyl (C=O) groups is 1. The predicted octanol–water partition coefficient (Wildman–Crippen LogP) is 3.89. The smallest absolute Gasteiger partial charge is 0.421 e. The number of hydrogen-bond donors (Lipinski definition) is 2. The first-order chi connectivity index (χ1) is 18.9. The lowest BCUT2D eigenvalue weighted by Gasteiger charge is -2.20. The molecule has 11 nitrogen and oxygen atoms in total. The average Bonchev–Trinajstić information content (AvgIpc) is 3.45. The van der Waals surface area contributed by atoms with Crippen molar-refractivity contribution in [3.05, 3.63) is 59.4 Å². The highest BCUT2D eigenvalue weighted by molar-refractivity contribution is 7.92. The molecule has 2 N–H and O–H groups in total. The minimum absolute atomic E-state index is 0.0580. The van der Waals surface area contributed by atoms with E-state index >= 15 is 0 Å². The largest absolute Gasteiger partial charge is 0.495 e. The first kappa shape index (κ1) is 28.9. The molecule has 3 heterocycles. The summed E-state index contributed by atoms with van der Waals surface area (Å²) in [7, 11) is -0.952. The van der Waals surface area contributed by atoms with E-state index in [1.165, 1.54) is 32.5 Å². The number of hydrogen-bond acceptors (Lipinski definition) is 9. The van der Waals surface area contributed by atoms with Gasteiger partial charge in [0.1, 0.15) is 22.9 Å². The second-order valence-electron chi connectivity index (χ2n) is 9.06. The molecule has 40 heavy (non-hydrogen) atoms. The van der Waals surface area contributed by atoms with E-state index in [4.69, 9.17) is 4.74 Å². The fraction of sp³-hybridized carbons (Fsp3) is 0.360. The lowest BCUT2D eigenvalue weighted by molar-refractivity contribution is -0.137. The summed E-state index contributed by atoms with van der Waals surface area (Å²) in [5, 5.41) is 5.49. The number of pyridine rings is 1. The number of amides is 1. The maximum absolute atomic E-state index is 13.8. The summed E-state index contributed by atoms with van der Waals surface area (Å²) in [5.74, 6) is -0.489. The molecule has 0 radical (unpaired) electrons. The number of halogens is 3. The first-order valence-corrected chi connectivity index (χ1v) is 14.0. The van der Waals surface area contributed by atoms with Crippen LogP contribution in [0.5, 0.6) is 5.75 Å². The number of ether oxygens (including phenoxy) is 1. The number of carbonyl (C=O) groups excluding carboxylic acids is 1. The fourth-order valence-corrected chi connectivity index (χ4v) is 4.61. The van der Waals surface area contributed by atoms with Crippen LogP contribution in [0.25, 0.3) is 0 Å². The van der Waals surface area contributed by atoms with Crippen LogP contribution < -0.4 is 19.7 Å². The van der Waals surface area contributed by atoms with Crippen molar-refractivity contribution in [3.63, 3.8) is 0 Å². The number of alkyl halides is 3. The lowest BCUT2D eigenvalue weighted by Crippen LogP contribution is -2.27. The molecule has 0 saturated carbocycles. The molecule has 2 aromatic heterocycles. The molecule has 1 aromatic carbocycles. The van der Waals surface area contributed by atoms with Crippen molar-refractivity contribution < 1.29 is 31.1 Å². The molecule has 214 valence electrons. The molecule has 1 aliphatic heterocycles. The molecule has 0 bridgehead atoms. The van der Waals surface area contributed by atoms with Gasteiger partial charge in [-0.25, -0.2) is 18.4 Å². The monoisotopic (exact) mass is 579 g/mol. The molecular weight excluding hydrogens is 551 g/mol. The molecule has 1 aliphatic rings. The Balaban J connectivity index is 1.64. The van der Waals surface area contributed by atoms with Gasteiger partial charge in [0.15, 0.2) is 0 Å². The van der Waals surface area contributed by atoms with E-state index in [1.807, 2.05) is 0 Å². The quantitative estimate of drug-likeness (QED) is 0.388. The number of rotatable bonds is 9. The van der Waals surface area contributed by atoms with Crippen LogP contribution in [0.15, 0.2) is 42.7 Å². The van der Waals surface area contributed by atoms with Crippen LogP contribution in [0.3, 0.4) is 0 Å². The van der Waals surface area contributed by atoms with Gasteiger partial charge in [-0.2, -0.15) is 18.2 Å². The highest BCUT2D eigenvalue weighted by Gasteiger charge is 2.35. The average molecular weight is 580 g/mol. The van der Waals surface area contributed by atoms with Gasteiger partial charge in [-0.15, -0.1) is 0 Å². The van der Waals surface area contributed by atoms with Gasteiger partial charge in [0.2, 0.25) is 16.0 Å². The Labute approximate surface area is 229 Å². The number of sulfonamides is 1. The fourth-order valence-electron chi connectivity index (χ4n) is 4.13. The summed E-state index contributed by atoms with van der Waals surface area (Å²) < 4.78 is 71.7. The molecule has 1 amide bonds. The molecule has 0 unspecified atom stereocenters. The Hall–Kier alpha value is -4.14. The highest BCUT2D eigenvalue weighted by atomic mass is 32.2. The van der Waals surface area contributed by atoms with Crippen molar-refractivity contribution in [1.82, 2.24) is 19.9 Å². The Kier molecular flexibility index (Phi) is 8.32. The van der Waals surface area contributed by atoms with Gasteiger partial charge in [-0.1, -0.05) is 6.07 Å². The van der Waals surface area contributed by atoms with Crippen LogP contribution in [0.2, 0.25) is 0 Å². The second kappa shape index (κ2) is 11.5. The zero-order chi connectivity index (χ0) is 29.1. The van der Waals surface area contributed by atoms with E-state index in [0.717, 1.165) is 23.4 Å². The van der Waals surface area contributed by atoms with Gasteiger partial charge in [-0.3, -0.25) is 9.10 Å². The summed E-state index contributed by atoms with van der Waals surface area (Å²) in [6, 6.07) is 7.81. The van der Waals surface area contributed by atoms with E-state index in [0.29, 0.717) is 41.9 Å². The predicted molar refractivity (Wildman–Crippen MR) is 143 cm³/mol. The summed E-state index contributed by atoms with van der Waals surface area (Å²) in [6.45, 7) is 1.10. The summed E-state index contributed by atoms with van der Waals surface area (Å²) in [4.78, 5) is 26.5. The van der Waals surface area contributed by atoms with Crippen molar-refractivity contribution in [2.45, 2.75) is 25.6 Å². The molecule has 0 aliphatic carbocycles. The molecule has 1 saturated heterocycles. The van der Waals surface area contributed by atoms with Crippen LogP contribution in [0.4, 0.5) is 36.4 Å². The van der Waals surface area contributed by atoms with Crippen LogP contribution in [-0.2, 0) is 22.7 Å². The maximum Gasteiger partial charge on any atom is 0.421 e. The standard InChI is InChI=1S/C25H28F3N7O4S/c1-34(40(3,37)38)22-17(7-6-10-29-22)14-30-21-18(25(26,27)28)15-31-24(33-21)32-19-13-16(8-9-20(19)39-2)23(36)35-11-4-5-12-35/h6-10,13,15H,4-5,11-12,14H2,1-3H3,(H2,30,31,32,33). The second-order valence-corrected chi connectivity index (χ2v) is 11.1. The molecule has 1 fully saturated rings. The maximum atomic E-state index is 13.8. The van der Waals surface area contributed by atoms with Crippen molar-refractivity contribution in [2.75, 3.05) is 48.4 Å². The Morgan fingerprint density at radius 1 is 1.18 bits per heavy atom. The highest BCUT2D eigenvalue weighted by Crippen LogP contribution is 2.35. The number of nitrogens with one attached hydrogen (secondary N) is 2. The Morgan fingerprint density at radius 3 is 2.55 bits per heavy atom. The zero-order valence-corrected chi connectivity index (χ0v) is 22.8. The van der Waals surface area contributed by atoms with Crippen molar-refractivity contribution in [2.24, 2.45) is 0 Å². The van der Waals surface area contributed by atoms with Gasteiger partial charge in [0, 0.05) is 50.2 Å². The third-order valence-corrected chi connectivity index (χ3v) is 7.46. The van der Waals surface area contributed by atoms with Crippen LogP contribution >= 0.6 is 0 Å². The summed E-state index contributed by atoms with van der Waals surface area (Å²) in [6.07, 6.45) is 0.0773. The van der Waals surface area contributed by atoms with E-state index < -0.39 is 27.6 Å². The minimum Gasteiger partial charge on any atom is -0.495 e. The van der Waals surface area contributed by atoms with Crippen LogP contribution in [0.1, 0.15) is 34.3 Å². The number of likely N-dealkylation sites (tertiary alicyclic amines) is 1. The zero-order valence-electron chi connectivity index (χ0n) is 22.0. The van der Waals surface area contributed by atoms with E-state index in [1.54, 1.807) is 23.1 Å². The summed E-state index contributed by atoms with van der Waals surface area (Å²) in [5.41, 5.74) is -0.117. The van der Waals surface area contributed by atoms with Gasteiger partial charge in [0.25, 0.3) is 5.91 Å². The molecular formula is C25H28F3N7O4S. The third kappa shape index (κ3) is 6.52. The third-order valence-electron chi connectivity index (χ3n) is 6.29. The van der Waals surface area contributed by atoms with Gasteiger partial charge >= 0.3 is 6.18 Å². The molecule has 4 rings (SSSR count). The number of anilines is 4. The van der Waals surface area contributed by atoms with Gasteiger partial charge in [0.05, 0.1) is 19.1 Å². The number of nitrogens with zero attached hydrogens (tertiary/aromatic N) is 5. The van der Waals surface area contributed by atoms with E-state index in [2.05, 4.69) is 25.6 Å². The molecule has 3 aromatic rings. The van der Waals surface area contributed by atoms with Crippen LogP contribution in [0, 0.1) is 0 Å². The number of methoxy groups -OCH3 is 1. The van der Waals surface area contributed by atoms with Crippen molar-refractivity contribution in [1.29, 1.82) is 0 Å². The SMILES string of the molecule is COc1ccc(C(=O)N2CCCC2)cc1Nc1ncc(C(F)(F)F)c(NCc2cccnc2N(C)S(C)(=O)=O)n1. The number of aromatic nitrogens is 3. The normalized spacial score (nSPS) is 13.7. The summed E-state index contributed by atoms with van der Waals surface area (Å²) >= 11 is 0. The minimum atomic E-state index is -4.78. The topological polar surface area (TPSA) is 130 Å². The molecule has 15 heteroatoms. The Bertz CT molecular complexity index is 1500. The Morgan fingerprint density at radius 2 is 1.90 bits per heavy atom. The number of benzene rings is 1. The van der Waals surface area contributed by atoms with Gasteiger partial charge < -0.3 is 20.3 Å². The van der Waals surface area contributed by atoms with Crippen LogP contribution in [-0.4, -0.2) is 67.7 Å². The molecule has 0 atom stereocenters. The van der Waals surface area contributed by atoms with Crippen molar-refractivity contribution >= 4 is 39.2 Å². The van der Waals surface area contributed by atoms with E-state index in [-0.39, 0.29) is 24.2 Å². The van der Waals surface area contributed by atoms with Gasteiger partial charge in [-0.05, 0) is 37.1 Å².